The van der Waals surface area contributed by atoms with Crippen molar-refractivity contribution in [2.24, 2.45) is 0 Å². The van der Waals surface area contributed by atoms with E-state index >= 15 is 0 Å². The van der Waals surface area contributed by atoms with Gasteiger partial charge >= 0.3 is 0 Å². The van der Waals surface area contributed by atoms with Crippen LogP contribution in [0.25, 0.3) is 10.1 Å². The summed E-state index contributed by atoms with van der Waals surface area (Å²) in [7, 11) is 0. The number of fused-ring (bicyclic) bond motifs is 1. The van der Waals surface area contributed by atoms with Crippen LogP contribution < -0.4 is 5.73 Å². The molecule has 1 aromatic heterocycles. The molecule has 16 heavy (non-hydrogen) atoms. The highest BCUT2D eigenvalue weighted by Gasteiger charge is 2.13. The van der Waals surface area contributed by atoms with Crippen LogP contribution >= 0.6 is 11.3 Å². The van der Waals surface area contributed by atoms with Crippen LogP contribution in [0, 0.1) is 0 Å². The molecule has 0 spiro atoms. The van der Waals surface area contributed by atoms with E-state index in [1.165, 1.54) is 41.6 Å². The number of benzene rings is 1. The minimum absolute atomic E-state index is 0.869. The first kappa shape index (κ1) is 10.1. The van der Waals surface area contributed by atoms with E-state index in [2.05, 4.69) is 22.4 Å². The maximum atomic E-state index is 5.85. The third-order valence-corrected chi connectivity index (χ3v) is 4.28. The largest absolute Gasteiger partial charge is 0.399 e. The Morgan fingerprint density at radius 1 is 1.25 bits per heavy atom. The number of anilines is 1. The molecule has 2 aromatic rings. The normalized spacial score (nSPS) is 17.2. The predicted molar refractivity (Wildman–Crippen MR) is 70.7 cm³/mol. The van der Waals surface area contributed by atoms with Gasteiger partial charge in [-0.2, -0.15) is 0 Å². The number of hydrogen-bond acceptors (Lipinski definition) is 3. The molecule has 0 aliphatic carbocycles. The van der Waals surface area contributed by atoms with Crippen LogP contribution in [0.4, 0.5) is 5.69 Å². The van der Waals surface area contributed by atoms with Gasteiger partial charge in [0.05, 0.1) is 0 Å². The summed E-state index contributed by atoms with van der Waals surface area (Å²) in [5.74, 6) is 0. The topological polar surface area (TPSA) is 29.3 Å². The van der Waals surface area contributed by atoms with Crippen LogP contribution in [0.1, 0.15) is 18.4 Å². The molecule has 1 aliphatic heterocycles. The van der Waals surface area contributed by atoms with Crippen LogP contribution in [-0.4, -0.2) is 18.0 Å². The Balaban J connectivity index is 1.93. The zero-order chi connectivity index (χ0) is 11.0. The maximum absolute atomic E-state index is 5.85. The highest BCUT2D eigenvalue weighted by atomic mass is 32.1. The number of thiophene rings is 1. The summed E-state index contributed by atoms with van der Waals surface area (Å²) in [4.78, 5) is 2.53. The standard InChI is InChI=1S/C13H16N2S/c14-11-3-4-13-12(7-11)10(9-16-13)8-15-5-1-2-6-15/h3-4,7,9H,1-2,5-6,8,14H2. The second-order valence-electron chi connectivity index (χ2n) is 4.50. The van der Waals surface area contributed by atoms with Crippen molar-refractivity contribution in [2.75, 3.05) is 18.8 Å². The van der Waals surface area contributed by atoms with Crippen LogP contribution in [0.2, 0.25) is 0 Å². The molecule has 0 radical (unpaired) electrons. The Kier molecular flexibility index (Phi) is 2.58. The molecule has 0 amide bonds. The summed E-state index contributed by atoms with van der Waals surface area (Å²) in [5, 5.41) is 3.62. The number of nitrogens with zero attached hydrogens (tertiary/aromatic N) is 1. The van der Waals surface area contributed by atoms with Crippen molar-refractivity contribution in [3.63, 3.8) is 0 Å². The van der Waals surface area contributed by atoms with E-state index in [1.807, 2.05) is 17.4 Å². The van der Waals surface area contributed by atoms with E-state index in [-0.39, 0.29) is 0 Å². The van der Waals surface area contributed by atoms with Crippen molar-refractivity contribution < 1.29 is 0 Å². The Hall–Kier alpha value is -1.06. The van der Waals surface area contributed by atoms with Crippen molar-refractivity contribution in [1.29, 1.82) is 0 Å². The number of likely N-dealkylation sites (tertiary alicyclic amines) is 1. The van der Waals surface area contributed by atoms with Crippen LogP contribution in [0.15, 0.2) is 23.6 Å². The first-order valence-electron chi connectivity index (χ1n) is 5.81. The van der Waals surface area contributed by atoms with E-state index in [0.29, 0.717) is 0 Å². The summed E-state index contributed by atoms with van der Waals surface area (Å²) in [5.41, 5.74) is 8.16. The molecule has 84 valence electrons. The Morgan fingerprint density at radius 3 is 2.88 bits per heavy atom. The number of nitrogen functional groups attached to an aromatic ring is 1. The molecule has 0 unspecified atom stereocenters. The molecule has 1 aliphatic rings. The third-order valence-electron chi connectivity index (χ3n) is 3.27. The van der Waals surface area contributed by atoms with Crippen molar-refractivity contribution in [3.8, 4) is 0 Å². The van der Waals surface area contributed by atoms with Gasteiger partial charge in [0.2, 0.25) is 0 Å². The molecule has 0 saturated carbocycles. The average molecular weight is 232 g/mol. The molecular formula is C13H16N2S. The molecule has 2 N–H and O–H groups in total. The SMILES string of the molecule is Nc1ccc2scc(CN3CCCC3)c2c1. The third kappa shape index (κ3) is 1.81. The molecule has 1 saturated heterocycles. The van der Waals surface area contributed by atoms with Gasteiger partial charge < -0.3 is 5.73 Å². The van der Waals surface area contributed by atoms with E-state index in [4.69, 9.17) is 5.73 Å². The molecular weight excluding hydrogens is 216 g/mol. The summed E-state index contributed by atoms with van der Waals surface area (Å²) in [6, 6.07) is 6.22. The van der Waals surface area contributed by atoms with Crippen LogP contribution in [0.5, 0.6) is 0 Å². The van der Waals surface area contributed by atoms with Gasteiger partial charge in [-0.05, 0) is 60.5 Å². The second kappa shape index (κ2) is 4.07. The van der Waals surface area contributed by atoms with E-state index < -0.39 is 0 Å². The maximum Gasteiger partial charge on any atom is 0.0347 e. The van der Waals surface area contributed by atoms with Gasteiger partial charge in [0.1, 0.15) is 0 Å². The minimum Gasteiger partial charge on any atom is -0.399 e. The lowest BCUT2D eigenvalue weighted by molar-refractivity contribution is 0.333. The van der Waals surface area contributed by atoms with Gasteiger partial charge in [-0.3, -0.25) is 4.90 Å². The Morgan fingerprint density at radius 2 is 2.06 bits per heavy atom. The quantitative estimate of drug-likeness (QED) is 0.806. The average Bonchev–Trinajstić information content (AvgIpc) is 2.90. The lowest BCUT2D eigenvalue weighted by Crippen LogP contribution is -2.17. The number of hydrogen-bond donors (Lipinski definition) is 1. The van der Waals surface area contributed by atoms with Gasteiger partial charge in [0.25, 0.3) is 0 Å². The number of rotatable bonds is 2. The zero-order valence-corrected chi connectivity index (χ0v) is 10.1. The van der Waals surface area contributed by atoms with Crippen molar-refractivity contribution >= 4 is 27.1 Å². The Bertz CT molecular complexity index is 498. The van der Waals surface area contributed by atoms with E-state index in [9.17, 15) is 0 Å². The van der Waals surface area contributed by atoms with Crippen LogP contribution in [0.3, 0.4) is 0 Å². The first-order chi connectivity index (χ1) is 7.83. The van der Waals surface area contributed by atoms with Crippen molar-refractivity contribution in [2.45, 2.75) is 19.4 Å². The summed E-state index contributed by atoms with van der Waals surface area (Å²) in [6.07, 6.45) is 2.70. The van der Waals surface area contributed by atoms with Crippen molar-refractivity contribution in [1.82, 2.24) is 4.90 Å². The molecule has 0 bridgehead atoms. The van der Waals surface area contributed by atoms with Gasteiger partial charge in [-0.25, -0.2) is 0 Å². The molecule has 2 heterocycles. The highest BCUT2D eigenvalue weighted by Crippen LogP contribution is 2.29. The smallest absolute Gasteiger partial charge is 0.0347 e. The highest BCUT2D eigenvalue weighted by molar-refractivity contribution is 7.17. The molecule has 2 nitrogen and oxygen atoms in total. The summed E-state index contributed by atoms with van der Waals surface area (Å²) >= 11 is 1.82. The van der Waals surface area contributed by atoms with E-state index in [1.54, 1.807) is 0 Å². The zero-order valence-electron chi connectivity index (χ0n) is 9.28. The summed E-state index contributed by atoms with van der Waals surface area (Å²) < 4.78 is 1.35. The molecule has 1 fully saturated rings. The van der Waals surface area contributed by atoms with Crippen LogP contribution in [-0.2, 0) is 6.54 Å². The summed E-state index contributed by atoms with van der Waals surface area (Å²) in [6.45, 7) is 3.59. The second-order valence-corrected chi connectivity index (χ2v) is 5.41. The molecule has 1 aromatic carbocycles. The fraction of sp³-hybridized carbons (Fsp3) is 0.385. The minimum atomic E-state index is 0.869. The number of nitrogens with two attached hydrogens (primary N) is 1. The van der Waals surface area contributed by atoms with Gasteiger partial charge in [0, 0.05) is 16.9 Å². The lowest BCUT2D eigenvalue weighted by atomic mass is 10.1. The monoisotopic (exact) mass is 232 g/mol. The molecule has 0 atom stereocenters. The lowest BCUT2D eigenvalue weighted by Gasteiger charge is -2.13. The fourth-order valence-electron chi connectivity index (χ4n) is 2.40. The fourth-order valence-corrected chi connectivity index (χ4v) is 3.34. The molecule has 3 rings (SSSR count). The Labute approximate surface area is 99.7 Å². The van der Waals surface area contributed by atoms with Crippen molar-refractivity contribution in [3.05, 3.63) is 29.1 Å². The first-order valence-corrected chi connectivity index (χ1v) is 6.69. The van der Waals surface area contributed by atoms with Gasteiger partial charge in [-0.1, -0.05) is 0 Å². The van der Waals surface area contributed by atoms with Gasteiger partial charge in [-0.15, -0.1) is 11.3 Å². The van der Waals surface area contributed by atoms with Gasteiger partial charge in [0.15, 0.2) is 0 Å². The molecule has 3 heteroatoms. The van der Waals surface area contributed by atoms with E-state index in [0.717, 1.165) is 12.2 Å². The predicted octanol–water partition coefficient (Wildman–Crippen LogP) is 3.08.